The first kappa shape index (κ1) is 14.8. The lowest BCUT2D eigenvalue weighted by Crippen LogP contribution is -2.02. The Morgan fingerprint density at radius 2 is 1.54 bits per heavy atom. The van der Waals surface area contributed by atoms with Crippen LogP contribution in [0.4, 0.5) is 0 Å². The van der Waals surface area contributed by atoms with Crippen molar-refractivity contribution in [3.8, 4) is 0 Å². The Kier molecular flexibility index (Phi) is 4.20. The van der Waals surface area contributed by atoms with Crippen LogP contribution in [0.1, 0.15) is 11.1 Å². The van der Waals surface area contributed by atoms with Gasteiger partial charge in [0.2, 0.25) is 0 Å². The molecule has 0 aliphatic rings. The number of rotatable bonds is 5. The van der Waals surface area contributed by atoms with E-state index in [0.717, 1.165) is 21.9 Å². The van der Waals surface area contributed by atoms with Crippen molar-refractivity contribution in [2.24, 2.45) is 0 Å². The fourth-order valence-electron chi connectivity index (χ4n) is 2.47. The molecule has 2 aromatic heterocycles. The molecule has 0 aliphatic heterocycles. The fraction of sp³-hybridized carbons (Fsp3) is 0.111. The zero-order valence-electron chi connectivity index (χ0n) is 12.9. The predicted molar refractivity (Wildman–Crippen MR) is 94.7 cm³/mol. The number of benzene rings is 2. The van der Waals surface area contributed by atoms with Crippen LogP contribution in [-0.2, 0) is 12.3 Å². The monoisotopic (exact) mass is 333 g/mol. The first-order chi connectivity index (χ1) is 11.9. The Morgan fingerprint density at radius 3 is 2.29 bits per heavy atom. The molecule has 0 unspecified atom stereocenters. The van der Waals surface area contributed by atoms with Crippen LogP contribution >= 0.6 is 11.8 Å². The van der Waals surface area contributed by atoms with Gasteiger partial charge >= 0.3 is 0 Å². The lowest BCUT2D eigenvalue weighted by Gasteiger charge is -2.03. The zero-order valence-corrected chi connectivity index (χ0v) is 13.7. The van der Waals surface area contributed by atoms with Gasteiger partial charge in [-0.3, -0.25) is 0 Å². The van der Waals surface area contributed by atoms with Crippen LogP contribution in [0.2, 0.25) is 0 Å². The van der Waals surface area contributed by atoms with Gasteiger partial charge in [-0.25, -0.2) is 14.6 Å². The smallest absolute Gasteiger partial charge is 0.183 e. The molecular weight excluding hydrogens is 318 g/mol. The number of hydrogen-bond donors (Lipinski definition) is 0. The second-order valence-corrected chi connectivity index (χ2v) is 6.32. The third kappa shape index (κ3) is 3.14. The maximum atomic E-state index is 4.38. The second-order valence-electron chi connectivity index (χ2n) is 5.36. The summed E-state index contributed by atoms with van der Waals surface area (Å²) in [6, 6.07) is 20.5. The van der Waals surface area contributed by atoms with Crippen molar-refractivity contribution in [1.82, 2.24) is 25.0 Å². The van der Waals surface area contributed by atoms with Gasteiger partial charge in [0, 0.05) is 5.75 Å². The molecule has 0 aliphatic carbocycles. The van der Waals surface area contributed by atoms with Crippen LogP contribution in [0, 0.1) is 0 Å². The van der Waals surface area contributed by atoms with E-state index in [0.29, 0.717) is 6.54 Å². The summed E-state index contributed by atoms with van der Waals surface area (Å²) in [4.78, 5) is 8.74. The lowest BCUT2D eigenvalue weighted by molar-refractivity contribution is 0.664. The van der Waals surface area contributed by atoms with E-state index in [1.165, 1.54) is 11.1 Å². The minimum absolute atomic E-state index is 0.650. The predicted octanol–water partition coefficient (Wildman–Crippen LogP) is 3.56. The first-order valence-electron chi connectivity index (χ1n) is 7.65. The quantitative estimate of drug-likeness (QED) is 0.413. The normalized spacial score (nSPS) is 11.0. The number of fused-ring (bicyclic) bond motifs is 1. The van der Waals surface area contributed by atoms with E-state index in [9.17, 15) is 0 Å². The minimum atomic E-state index is 0.650. The average molecular weight is 333 g/mol. The Morgan fingerprint density at radius 1 is 0.833 bits per heavy atom. The fourth-order valence-corrected chi connectivity index (χ4v) is 3.35. The van der Waals surface area contributed by atoms with Crippen LogP contribution in [0.3, 0.4) is 0 Å². The highest BCUT2D eigenvalue weighted by Gasteiger charge is 2.12. The molecule has 0 spiro atoms. The Balaban J connectivity index is 1.59. The summed E-state index contributed by atoms with van der Waals surface area (Å²) in [6.45, 7) is 0.650. The van der Waals surface area contributed by atoms with E-state index in [1.54, 1.807) is 18.1 Å². The summed E-state index contributed by atoms with van der Waals surface area (Å²) in [5.74, 6) is 0.846. The number of hydrogen-bond acceptors (Lipinski definition) is 5. The van der Waals surface area contributed by atoms with E-state index >= 15 is 0 Å². The van der Waals surface area contributed by atoms with Gasteiger partial charge in [0.05, 0.1) is 6.54 Å². The molecule has 0 amide bonds. The summed E-state index contributed by atoms with van der Waals surface area (Å²) in [7, 11) is 0. The molecule has 118 valence electrons. The van der Waals surface area contributed by atoms with Gasteiger partial charge in [-0.15, -0.1) is 5.10 Å². The highest BCUT2D eigenvalue weighted by molar-refractivity contribution is 7.98. The molecule has 6 heteroatoms. The molecule has 5 nitrogen and oxygen atoms in total. The molecule has 0 fully saturated rings. The maximum Gasteiger partial charge on any atom is 0.183 e. The molecule has 4 aromatic rings. The maximum absolute atomic E-state index is 4.38. The van der Waals surface area contributed by atoms with E-state index in [1.807, 2.05) is 41.1 Å². The molecule has 24 heavy (non-hydrogen) atoms. The first-order valence-corrected chi connectivity index (χ1v) is 8.63. The Hall–Kier alpha value is -2.73. The molecule has 0 atom stereocenters. The van der Waals surface area contributed by atoms with Gasteiger partial charge in [-0.2, -0.15) is 0 Å². The van der Waals surface area contributed by atoms with Crippen molar-refractivity contribution in [2.45, 2.75) is 17.3 Å². The van der Waals surface area contributed by atoms with Gasteiger partial charge < -0.3 is 0 Å². The largest absolute Gasteiger partial charge is 0.227 e. The summed E-state index contributed by atoms with van der Waals surface area (Å²) in [5, 5.41) is 9.42. The Bertz CT molecular complexity index is 937. The molecular formula is C18H15N5S. The van der Waals surface area contributed by atoms with Crippen molar-refractivity contribution >= 4 is 22.9 Å². The second kappa shape index (κ2) is 6.80. The van der Waals surface area contributed by atoms with Gasteiger partial charge in [0.1, 0.15) is 11.4 Å². The van der Waals surface area contributed by atoms with Gasteiger partial charge in [-0.05, 0) is 11.1 Å². The standard InChI is InChI=1S/C18H15N5S/c1-3-7-14(8-4-1)11-23-17-16(21-22-23)18(20-13-19-17)24-12-15-9-5-2-6-10-15/h1-10,13H,11-12H2. The summed E-state index contributed by atoms with van der Waals surface area (Å²) in [5.41, 5.74) is 3.95. The van der Waals surface area contributed by atoms with Crippen molar-refractivity contribution in [3.63, 3.8) is 0 Å². The van der Waals surface area contributed by atoms with Crippen LogP contribution in [0.15, 0.2) is 72.0 Å². The third-order valence-electron chi connectivity index (χ3n) is 3.66. The average Bonchev–Trinajstić information content (AvgIpc) is 3.05. The molecule has 4 rings (SSSR count). The molecule has 0 bridgehead atoms. The number of thioether (sulfide) groups is 1. The van der Waals surface area contributed by atoms with Crippen LogP contribution < -0.4 is 0 Å². The lowest BCUT2D eigenvalue weighted by atomic mass is 10.2. The third-order valence-corrected chi connectivity index (χ3v) is 4.71. The molecule has 0 saturated carbocycles. The van der Waals surface area contributed by atoms with Crippen LogP contribution in [-0.4, -0.2) is 25.0 Å². The summed E-state index contributed by atoms with van der Waals surface area (Å²) >= 11 is 1.66. The van der Waals surface area contributed by atoms with Crippen molar-refractivity contribution in [1.29, 1.82) is 0 Å². The molecule has 2 aromatic carbocycles. The summed E-state index contributed by atoms with van der Waals surface area (Å²) in [6.07, 6.45) is 1.58. The zero-order chi connectivity index (χ0) is 16.2. The topological polar surface area (TPSA) is 56.5 Å². The Labute approximate surface area is 143 Å². The SMILES string of the molecule is c1ccc(CSc2ncnc3c2nnn3Cc2ccccc2)cc1. The van der Waals surface area contributed by atoms with E-state index in [4.69, 9.17) is 0 Å². The van der Waals surface area contributed by atoms with Crippen LogP contribution in [0.25, 0.3) is 11.2 Å². The van der Waals surface area contributed by atoms with Crippen molar-refractivity contribution in [3.05, 3.63) is 78.1 Å². The van der Waals surface area contributed by atoms with Gasteiger partial charge in [-0.1, -0.05) is 77.6 Å². The highest BCUT2D eigenvalue weighted by atomic mass is 32.2. The van der Waals surface area contributed by atoms with Crippen molar-refractivity contribution < 1.29 is 0 Å². The molecule has 2 heterocycles. The minimum Gasteiger partial charge on any atom is -0.227 e. The number of nitrogens with zero attached hydrogens (tertiary/aromatic N) is 5. The van der Waals surface area contributed by atoms with E-state index < -0.39 is 0 Å². The van der Waals surface area contributed by atoms with E-state index in [-0.39, 0.29) is 0 Å². The summed E-state index contributed by atoms with van der Waals surface area (Å²) < 4.78 is 1.82. The van der Waals surface area contributed by atoms with Gasteiger partial charge in [0.15, 0.2) is 11.2 Å². The van der Waals surface area contributed by atoms with Crippen molar-refractivity contribution in [2.75, 3.05) is 0 Å². The van der Waals surface area contributed by atoms with Gasteiger partial charge in [0.25, 0.3) is 0 Å². The van der Waals surface area contributed by atoms with E-state index in [2.05, 4.69) is 44.5 Å². The molecule has 0 radical (unpaired) electrons. The van der Waals surface area contributed by atoms with Crippen LogP contribution in [0.5, 0.6) is 0 Å². The molecule has 0 N–H and O–H groups in total. The molecule has 0 saturated heterocycles. The highest BCUT2D eigenvalue weighted by Crippen LogP contribution is 2.25. The number of aromatic nitrogens is 5.